The summed E-state index contributed by atoms with van der Waals surface area (Å²) in [5.74, 6) is 0. The lowest BCUT2D eigenvalue weighted by atomic mass is 10.2. The van der Waals surface area contributed by atoms with Crippen LogP contribution in [0.15, 0.2) is 18.2 Å². The Morgan fingerprint density at radius 3 is 3.06 bits per heavy atom. The van der Waals surface area contributed by atoms with Gasteiger partial charge in [0, 0.05) is 20.3 Å². The van der Waals surface area contributed by atoms with Crippen LogP contribution >= 0.6 is 11.3 Å². The van der Waals surface area contributed by atoms with E-state index in [1.165, 1.54) is 10.3 Å². The summed E-state index contributed by atoms with van der Waals surface area (Å²) in [4.78, 5) is 4.57. The van der Waals surface area contributed by atoms with Gasteiger partial charge >= 0.3 is 0 Å². The lowest BCUT2D eigenvalue weighted by Crippen LogP contribution is -2.02. The second-order valence-electron chi connectivity index (χ2n) is 4.12. The predicted octanol–water partition coefficient (Wildman–Crippen LogP) is 3.44. The summed E-state index contributed by atoms with van der Waals surface area (Å²) in [6.45, 7) is 3.89. The summed E-state index contributed by atoms with van der Waals surface area (Å²) in [5, 5.41) is 4.38. The number of aromatic nitrogens is 1. The van der Waals surface area contributed by atoms with Gasteiger partial charge in [-0.3, -0.25) is 0 Å². The molecule has 1 heterocycles. The number of benzene rings is 1. The summed E-state index contributed by atoms with van der Waals surface area (Å²) in [7, 11) is 1.74. The Morgan fingerprint density at radius 2 is 2.24 bits per heavy atom. The first-order chi connectivity index (χ1) is 8.29. The molecular weight excluding hydrogens is 232 g/mol. The van der Waals surface area contributed by atoms with E-state index in [0.717, 1.165) is 36.6 Å². The third-order valence-electron chi connectivity index (χ3n) is 2.59. The Kier molecular flexibility index (Phi) is 4.34. The number of nitrogens with zero attached hydrogens (tertiary/aromatic N) is 1. The van der Waals surface area contributed by atoms with Crippen molar-refractivity contribution >= 4 is 26.7 Å². The first kappa shape index (κ1) is 12.3. The van der Waals surface area contributed by atoms with Crippen molar-refractivity contribution in [2.24, 2.45) is 0 Å². The van der Waals surface area contributed by atoms with E-state index in [4.69, 9.17) is 4.74 Å². The molecular formula is C13H18N2OS. The van der Waals surface area contributed by atoms with Gasteiger partial charge in [-0.1, -0.05) is 17.4 Å². The molecule has 1 N–H and O–H groups in total. The van der Waals surface area contributed by atoms with E-state index < -0.39 is 0 Å². The highest BCUT2D eigenvalue weighted by molar-refractivity contribution is 7.22. The van der Waals surface area contributed by atoms with Crippen LogP contribution in [0.3, 0.4) is 0 Å². The fourth-order valence-electron chi connectivity index (χ4n) is 1.68. The molecule has 1 aromatic carbocycles. The number of nitrogens with one attached hydrogen (secondary N) is 1. The maximum atomic E-state index is 5.01. The minimum atomic E-state index is 0.834. The van der Waals surface area contributed by atoms with Gasteiger partial charge in [0.1, 0.15) is 0 Å². The van der Waals surface area contributed by atoms with E-state index >= 15 is 0 Å². The van der Waals surface area contributed by atoms with Crippen molar-refractivity contribution in [3.63, 3.8) is 0 Å². The van der Waals surface area contributed by atoms with Gasteiger partial charge in [0.05, 0.1) is 10.2 Å². The SMILES string of the molecule is COCCCCNc1nc2cc(C)ccc2s1. The van der Waals surface area contributed by atoms with E-state index in [2.05, 4.69) is 35.4 Å². The lowest BCUT2D eigenvalue weighted by Gasteiger charge is -2.01. The quantitative estimate of drug-likeness (QED) is 0.797. The highest BCUT2D eigenvalue weighted by Gasteiger charge is 2.02. The fraction of sp³-hybridized carbons (Fsp3) is 0.462. The molecule has 0 unspecified atom stereocenters. The molecule has 0 saturated carbocycles. The average Bonchev–Trinajstić information content (AvgIpc) is 2.70. The maximum absolute atomic E-state index is 5.01. The first-order valence-electron chi connectivity index (χ1n) is 5.89. The van der Waals surface area contributed by atoms with Crippen LogP contribution in [0.25, 0.3) is 10.2 Å². The Bertz CT molecular complexity index is 481. The third kappa shape index (κ3) is 3.41. The predicted molar refractivity (Wildman–Crippen MR) is 74.0 cm³/mol. The van der Waals surface area contributed by atoms with Crippen molar-refractivity contribution in [3.8, 4) is 0 Å². The Morgan fingerprint density at radius 1 is 1.35 bits per heavy atom. The Labute approximate surface area is 106 Å². The molecule has 2 aromatic rings. The van der Waals surface area contributed by atoms with Gasteiger partial charge in [-0.25, -0.2) is 4.98 Å². The maximum Gasteiger partial charge on any atom is 0.183 e. The van der Waals surface area contributed by atoms with Gasteiger partial charge in [0.25, 0.3) is 0 Å². The molecule has 0 amide bonds. The standard InChI is InChI=1S/C13H18N2OS/c1-10-5-6-12-11(9-10)15-13(17-12)14-7-3-4-8-16-2/h5-6,9H,3-4,7-8H2,1-2H3,(H,14,15). The van der Waals surface area contributed by atoms with Crippen LogP contribution in [0.1, 0.15) is 18.4 Å². The molecule has 0 saturated heterocycles. The molecule has 0 bridgehead atoms. The highest BCUT2D eigenvalue weighted by atomic mass is 32.1. The number of methoxy groups -OCH3 is 1. The topological polar surface area (TPSA) is 34.1 Å². The van der Waals surface area contributed by atoms with E-state index in [1.54, 1.807) is 18.4 Å². The molecule has 0 fully saturated rings. The van der Waals surface area contributed by atoms with Gasteiger partial charge in [-0.2, -0.15) is 0 Å². The molecule has 0 radical (unpaired) electrons. The van der Waals surface area contributed by atoms with Crippen molar-refractivity contribution in [3.05, 3.63) is 23.8 Å². The molecule has 92 valence electrons. The number of rotatable bonds is 6. The van der Waals surface area contributed by atoms with Crippen LogP contribution in [0.5, 0.6) is 0 Å². The molecule has 0 spiro atoms. The van der Waals surface area contributed by atoms with Crippen molar-refractivity contribution in [2.45, 2.75) is 19.8 Å². The minimum Gasteiger partial charge on any atom is -0.385 e. The zero-order valence-electron chi connectivity index (χ0n) is 10.3. The number of unbranched alkanes of at least 4 members (excludes halogenated alkanes) is 1. The number of aryl methyl sites for hydroxylation is 1. The third-order valence-corrected chi connectivity index (χ3v) is 3.59. The average molecular weight is 250 g/mol. The Balaban J connectivity index is 1.91. The molecule has 3 nitrogen and oxygen atoms in total. The summed E-state index contributed by atoms with van der Waals surface area (Å²) in [5.41, 5.74) is 2.35. The molecule has 0 aliphatic rings. The van der Waals surface area contributed by atoms with E-state index in [1.807, 2.05) is 0 Å². The van der Waals surface area contributed by atoms with Gasteiger partial charge in [0.15, 0.2) is 5.13 Å². The summed E-state index contributed by atoms with van der Waals surface area (Å²) >= 11 is 1.72. The molecule has 0 aliphatic heterocycles. The molecule has 0 atom stereocenters. The van der Waals surface area contributed by atoms with E-state index in [-0.39, 0.29) is 0 Å². The second kappa shape index (κ2) is 5.98. The number of anilines is 1. The summed E-state index contributed by atoms with van der Waals surface area (Å²) in [6, 6.07) is 6.39. The summed E-state index contributed by atoms with van der Waals surface area (Å²) in [6.07, 6.45) is 2.20. The number of fused-ring (bicyclic) bond motifs is 1. The van der Waals surface area contributed by atoms with Crippen LogP contribution in [-0.2, 0) is 4.74 Å². The smallest absolute Gasteiger partial charge is 0.183 e. The van der Waals surface area contributed by atoms with E-state index in [9.17, 15) is 0 Å². The monoisotopic (exact) mass is 250 g/mol. The first-order valence-corrected chi connectivity index (χ1v) is 6.71. The fourth-order valence-corrected chi connectivity index (χ4v) is 2.55. The molecule has 17 heavy (non-hydrogen) atoms. The number of hydrogen-bond acceptors (Lipinski definition) is 4. The number of hydrogen-bond donors (Lipinski definition) is 1. The highest BCUT2D eigenvalue weighted by Crippen LogP contribution is 2.26. The van der Waals surface area contributed by atoms with Crippen molar-refractivity contribution in [1.29, 1.82) is 0 Å². The van der Waals surface area contributed by atoms with Crippen molar-refractivity contribution in [1.82, 2.24) is 4.98 Å². The lowest BCUT2D eigenvalue weighted by molar-refractivity contribution is 0.194. The van der Waals surface area contributed by atoms with Crippen LogP contribution < -0.4 is 5.32 Å². The van der Waals surface area contributed by atoms with Crippen LogP contribution in [0.4, 0.5) is 5.13 Å². The number of thiazole rings is 1. The molecule has 2 rings (SSSR count). The zero-order chi connectivity index (χ0) is 12.1. The van der Waals surface area contributed by atoms with Crippen LogP contribution in [0, 0.1) is 6.92 Å². The van der Waals surface area contributed by atoms with Crippen LogP contribution in [0.2, 0.25) is 0 Å². The van der Waals surface area contributed by atoms with E-state index in [0.29, 0.717) is 0 Å². The van der Waals surface area contributed by atoms with Crippen LogP contribution in [-0.4, -0.2) is 25.2 Å². The molecule has 0 aliphatic carbocycles. The Hall–Kier alpha value is -1.13. The zero-order valence-corrected chi connectivity index (χ0v) is 11.1. The normalized spacial score (nSPS) is 10.9. The van der Waals surface area contributed by atoms with Crippen molar-refractivity contribution < 1.29 is 4.74 Å². The molecule has 4 heteroatoms. The van der Waals surface area contributed by atoms with Gasteiger partial charge in [0.2, 0.25) is 0 Å². The van der Waals surface area contributed by atoms with Gasteiger partial charge in [-0.15, -0.1) is 0 Å². The van der Waals surface area contributed by atoms with Gasteiger partial charge < -0.3 is 10.1 Å². The second-order valence-corrected chi connectivity index (χ2v) is 5.15. The van der Waals surface area contributed by atoms with Gasteiger partial charge in [-0.05, 0) is 37.5 Å². The molecule has 1 aromatic heterocycles. The number of ether oxygens (including phenoxy) is 1. The minimum absolute atomic E-state index is 0.834. The largest absolute Gasteiger partial charge is 0.385 e. The van der Waals surface area contributed by atoms with Crippen molar-refractivity contribution in [2.75, 3.05) is 25.6 Å². The summed E-state index contributed by atoms with van der Waals surface area (Å²) < 4.78 is 6.26.